The number of aromatic nitrogens is 3. The van der Waals surface area contributed by atoms with Crippen molar-refractivity contribution in [2.45, 2.75) is 0 Å². The molecule has 2 rings (SSSR count). The molecule has 0 saturated heterocycles. The highest BCUT2D eigenvalue weighted by molar-refractivity contribution is 6.36. The number of hydrogen-bond donors (Lipinski definition) is 0. The predicted molar refractivity (Wildman–Crippen MR) is 43.9 cm³/mol. The second kappa shape index (κ2) is 2.33. The average molecular weight is 159 g/mol. The highest BCUT2D eigenvalue weighted by Crippen LogP contribution is 2.05. The lowest BCUT2D eigenvalue weighted by atomic mass is 10.4. The second-order valence-corrected chi connectivity index (χ2v) is 2.97. The Morgan fingerprint density at radius 1 is 1.45 bits per heavy atom. The van der Waals surface area contributed by atoms with Crippen molar-refractivity contribution in [1.29, 1.82) is 0 Å². The van der Waals surface area contributed by atoms with Crippen LogP contribution in [0.5, 0.6) is 0 Å². The fraction of sp³-hybridized carbons (Fsp3) is 0.143. The highest BCUT2D eigenvalue weighted by Gasteiger charge is 1.99. The number of hydrogen-bond acceptors (Lipinski definition) is 2. The predicted octanol–water partition coefficient (Wildman–Crippen LogP) is -0.238. The van der Waals surface area contributed by atoms with E-state index >= 15 is 0 Å². The molecule has 0 bridgehead atoms. The van der Waals surface area contributed by atoms with E-state index in [0.717, 1.165) is 15.6 Å². The number of aryl methyl sites for hydroxylation is 1. The zero-order chi connectivity index (χ0) is 7.84. The van der Waals surface area contributed by atoms with Crippen molar-refractivity contribution in [3.05, 3.63) is 18.6 Å². The Kier molecular flexibility index (Phi) is 1.45. The summed E-state index contributed by atoms with van der Waals surface area (Å²) >= 11 is 2.59. The molecule has 2 radical (unpaired) electrons. The quantitative estimate of drug-likeness (QED) is 0.497. The SMILES string of the molecule is Cn1ccc2[c]([Al])ncnc21. The number of fused-ring (bicyclic) bond motifs is 1. The van der Waals surface area contributed by atoms with Crippen molar-refractivity contribution in [2.75, 3.05) is 0 Å². The van der Waals surface area contributed by atoms with Gasteiger partial charge in [0, 0.05) is 18.6 Å². The van der Waals surface area contributed by atoms with Gasteiger partial charge in [-0.1, -0.05) is 0 Å². The molecule has 0 unspecified atom stereocenters. The van der Waals surface area contributed by atoms with Crippen LogP contribution in [0.25, 0.3) is 11.0 Å². The van der Waals surface area contributed by atoms with Crippen molar-refractivity contribution >= 4 is 31.9 Å². The minimum atomic E-state index is 0.954. The second-order valence-electron chi connectivity index (χ2n) is 2.42. The van der Waals surface area contributed by atoms with E-state index in [-0.39, 0.29) is 0 Å². The lowest BCUT2D eigenvalue weighted by Crippen LogP contribution is -2.09. The molecular formula is C7H6AlN3. The fourth-order valence-electron chi connectivity index (χ4n) is 1.10. The largest absolute Gasteiger partial charge is 0.336 e. The third kappa shape index (κ3) is 0.954. The van der Waals surface area contributed by atoms with Crippen LogP contribution in [0.4, 0.5) is 0 Å². The highest BCUT2D eigenvalue weighted by atomic mass is 27.0. The van der Waals surface area contributed by atoms with Crippen LogP contribution in [0.3, 0.4) is 0 Å². The maximum atomic E-state index is 4.14. The molecular weight excluding hydrogens is 153 g/mol. The van der Waals surface area contributed by atoms with Crippen LogP contribution in [0.1, 0.15) is 0 Å². The third-order valence-corrected chi connectivity index (χ3v) is 2.15. The van der Waals surface area contributed by atoms with E-state index < -0.39 is 0 Å². The smallest absolute Gasteiger partial charge is 0.211 e. The molecule has 0 aliphatic rings. The minimum absolute atomic E-state index is 0.954. The van der Waals surface area contributed by atoms with E-state index in [2.05, 4.69) is 26.3 Å². The first-order chi connectivity index (χ1) is 5.29. The first kappa shape index (κ1) is 6.84. The van der Waals surface area contributed by atoms with Crippen LogP contribution >= 0.6 is 0 Å². The van der Waals surface area contributed by atoms with E-state index in [9.17, 15) is 0 Å². The average Bonchev–Trinajstić information content (AvgIpc) is 2.35. The molecule has 52 valence electrons. The van der Waals surface area contributed by atoms with Crippen LogP contribution in [0, 0.1) is 0 Å². The summed E-state index contributed by atoms with van der Waals surface area (Å²) < 4.78 is 2.93. The summed E-state index contributed by atoms with van der Waals surface area (Å²) in [6.45, 7) is 0. The molecule has 4 heteroatoms. The first-order valence-corrected chi connectivity index (χ1v) is 3.88. The Bertz CT molecular complexity index is 393. The molecule has 0 aromatic carbocycles. The molecule has 2 heterocycles. The van der Waals surface area contributed by atoms with Gasteiger partial charge in [0.2, 0.25) is 16.3 Å². The molecule has 0 fully saturated rings. The number of rotatable bonds is 0. The molecule has 0 N–H and O–H groups in total. The van der Waals surface area contributed by atoms with E-state index in [1.165, 1.54) is 0 Å². The molecule has 3 nitrogen and oxygen atoms in total. The third-order valence-electron chi connectivity index (χ3n) is 1.69. The Hall–Kier alpha value is -0.848. The summed E-state index contributed by atoms with van der Waals surface area (Å²) in [5.74, 6) is 0. The first-order valence-electron chi connectivity index (χ1n) is 3.30. The van der Waals surface area contributed by atoms with Gasteiger partial charge in [-0.2, -0.15) is 0 Å². The molecule has 0 aliphatic carbocycles. The molecule has 11 heavy (non-hydrogen) atoms. The van der Waals surface area contributed by atoms with Gasteiger partial charge in [0.05, 0.1) is 0 Å². The lowest BCUT2D eigenvalue weighted by molar-refractivity contribution is 0.945. The van der Waals surface area contributed by atoms with Crippen molar-refractivity contribution in [3.8, 4) is 0 Å². The summed E-state index contributed by atoms with van der Waals surface area (Å²) in [6, 6.07) is 2.01. The van der Waals surface area contributed by atoms with Gasteiger partial charge in [-0.05, 0) is 10.6 Å². The van der Waals surface area contributed by atoms with E-state index in [1.54, 1.807) is 6.33 Å². The lowest BCUT2D eigenvalue weighted by Gasteiger charge is -1.96. The van der Waals surface area contributed by atoms with Crippen molar-refractivity contribution in [2.24, 2.45) is 7.05 Å². The van der Waals surface area contributed by atoms with Crippen LogP contribution in [-0.2, 0) is 7.05 Å². The Morgan fingerprint density at radius 3 is 3.00 bits per heavy atom. The van der Waals surface area contributed by atoms with Crippen LogP contribution in [0.2, 0.25) is 0 Å². The summed E-state index contributed by atoms with van der Waals surface area (Å²) in [5.41, 5.74) is 0.977. The van der Waals surface area contributed by atoms with Crippen molar-refractivity contribution < 1.29 is 0 Å². The fourth-order valence-corrected chi connectivity index (χ4v) is 1.39. The standard InChI is InChI=1S/C7H6N3.Al/c1-10-3-2-6-4-8-5-9-7(6)10;/h2-3,5H,1H3;. The molecule has 0 atom stereocenters. The maximum absolute atomic E-state index is 4.14. The maximum Gasteiger partial charge on any atom is 0.211 e. The summed E-state index contributed by atoms with van der Waals surface area (Å²) in [7, 11) is 1.97. The van der Waals surface area contributed by atoms with Gasteiger partial charge >= 0.3 is 0 Å². The van der Waals surface area contributed by atoms with Gasteiger partial charge in [-0.3, -0.25) is 4.98 Å². The number of nitrogens with zero attached hydrogens (tertiary/aromatic N) is 3. The van der Waals surface area contributed by atoms with Gasteiger partial charge < -0.3 is 4.57 Å². The zero-order valence-electron chi connectivity index (χ0n) is 6.15. The summed E-state index contributed by atoms with van der Waals surface area (Å²) in [6.07, 6.45) is 3.55. The van der Waals surface area contributed by atoms with E-state index in [1.807, 2.05) is 23.9 Å². The van der Waals surface area contributed by atoms with Crippen molar-refractivity contribution in [1.82, 2.24) is 14.5 Å². The van der Waals surface area contributed by atoms with E-state index in [4.69, 9.17) is 0 Å². The van der Waals surface area contributed by atoms with E-state index in [0.29, 0.717) is 0 Å². The zero-order valence-corrected chi connectivity index (χ0v) is 7.31. The van der Waals surface area contributed by atoms with Crippen molar-refractivity contribution in [3.63, 3.8) is 0 Å². The van der Waals surface area contributed by atoms with Crippen LogP contribution in [0.15, 0.2) is 18.6 Å². The van der Waals surface area contributed by atoms with Gasteiger partial charge in [-0.25, -0.2) is 4.98 Å². The van der Waals surface area contributed by atoms with Gasteiger partial charge in [0.15, 0.2) is 0 Å². The minimum Gasteiger partial charge on any atom is -0.336 e. The monoisotopic (exact) mass is 159 g/mol. The normalized spacial score (nSPS) is 10.6. The van der Waals surface area contributed by atoms with Crippen LogP contribution < -0.4 is 4.56 Å². The topological polar surface area (TPSA) is 30.7 Å². The van der Waals surface area contributed by atoms with Gasteiger partial charge in [0.1, 0.15) is 12.0 Å². The molecule has 0 amide bonds. The Balaban J connectivity index is 2.94. The summed E-state index contributed by atoms with van der Waals surface area (Å²) in [4.78, 5) is 8.20. The molecule has 2 aromatic rings. The Morgan fingerprint density at radius 2 is 2.27 bits per heavy atom. The van der Waals surface area contributed by atoms with Crippen LogP contribution in [-0.4, -0.2) is 30.8 Å². The Labute approximate surface area is 72.5 Å². The molecule has 0 saturated carbocycles. The van der Waals surface area contributed by atoms with Gasteiger partial charge in [0.25, 0.3) is 0 Å². The summed E-state index contributed by atoms with van der Waals surface area (Å²) in [5, 5.41) is 1.10. The molecule has 2 aromatic heterocycles. The molecule has 0 aliphatic heterocycles. The van der Waals surface area contributed by atoms with Gasteiger partial charge in [-0.15, -0.1) is 0 Å². The molecule has 0 spiro atoms.